The second-order valence-corrected chi connectivity index (χ2v) is 5.57. The van der Waals surface area contributed by atoms with Crippen molar-refractivity contribution in [3.63, 3.8) is 0 Å². The predicted octanol–water partition coefficient (Wildman–Crippen LogP) is 3.61. The van der Waals surface area contributed by atoms with Crippen LogP contribution >= 0.6 is 0 Å². The highest BCUT2D eigenvalue weighted by atomic mass is 19.4. The van der Waals surface area contributed by atoms with Gasteiger partial charge in [0, 0.05) is 29.4 Å². The Kier molecular flexibility index (Phi) is 3.00. The van der Waals surface area contributed by atoms with E-state index in [0.717, 1.165) is 25.0 Å². The van der Waals surface area contributed by atoms with Crippen LogP contribution in [0.1, 0.15) is 18.4 Å². The van der Waals surface area contributed by atoms with Gasteiger partial charge in [0.05, 0.1) is 17.3 Å². The minimum Gasteiger partial charge on any atom is -0.351 e. The van der Waals surface area contributed by atoms with Crippen molar-refractivity contribution in [2.24, 2.45) is 0 Å². The van der Waals surface area contributed by atoms with E-state index in [0.29, 0.717) is 34.0 Å². The molecule has 1 aliphatic carbocycles. The average molecular weight is 319 g/mol. The van der Waals surface area contributed by atoms with Gasteiger partial charge in [-0.2, -0.15) is 18.3 Å². The molecule has 5 nitrogen and oxygen atoms in total. The molecule has 4 rings (SSSR count). The van der Waals surface area contributed by atoms with Gasteiger partial charge in [-0.15, -0.1) is 0 Å². The molecular formula is C15H12F3N5. The molecule has 1 aliphatic rings. The van der Waals surface area contributed by atoms with Crippen molar-refractivity contribution in [2.75, 3.05) is 5.32 Å². The van der Waals surface area contributed by atoms with Gasteiger partial charge < -0.3 is 5.32 Å². The van der Waals surface area contributed by atoms with Crippen LogP contribution in [0, 0.1) is 0 Å². The van der Waals surface area contributed by atoms with E-state index >= 15 is 0 Å². The van der Waals surface area contributed by atoms with E-state index in [1.165, 1.54) is 18.6 Å². The molecule has 0 bridgehead atoms. The second-order valence-electron chi connectivity index (χ2n) is 5.57. The highest BCUT2D eigenvalue weighted by molar-refractivity contribution is 5.94. The fourth-order valence-electron chi connectivity index (χ4n) is 2.41. The Bertz CT molecular complexity index is 850. The SMILES string of the molecule is FC(F)(F)c1cc(-c2cnc(NC3CC3)nc2)c2cn[nH]c2c1. The molecule has 1 fully saturated rings. The topological polar surface area (TPSA) is 66.5 Å². The normalized spacial score (nSPS) is 15.1. The summed E-state index contributed by atoms with van der Waals surface area (Å²) in [7, 11) is 0. The van der Waals surface area contributed by atoms with Crippen LogP contribution in [-0.4, -0.2) is 26.2 Å². The first-order chi connectivity index (χ1) is 11.0. The molecule has 0 spiro atoms. The lowest BCUT2D eigenvalue weighted by molar-refractivity contribution is -0.137. The number of nitrogens with zero attached hydrogens (tertiary/aromatic N) is 3. The summed E-state index contributed by atoms with van der Waals surface area (Å²) in [6, 6.07) is 2.57. The van der Waals surface area contributed by atoms with Crippen LogP contribution in [0.5, 0.6) is 0 Å². The smallest absolute Gasteiger partial charge is 0.351 e. The molecule has 1 aromatic carbocycles. The summed E-state index contributed by atoms with van der Waals surface area (Å²) in [4.78, 5) is 8.37. The molecular weight excluding hydrogens is 307 g/mol. The molecule has 23 heavy (non-hydrogen) atoms. The lowest BCUT2D eigenvalue weighted by Crippen LogP contribution is -2.06. The maximum atomic E-state index is 13.1. The number of H-pyrrole nitrogens is 1. The molecule has 1 saturated carbocycles. The summed E-state index contributed by atoms with van der Waals surface area (Å²) in [5.41, 5.74) is 0.518. The minimum atomic E-state index is -4.43. The largest absolute Gasteiger partial charge is 0.416 e. The maximum absolute atomic E-state index is 13.1. The first kappa shape index (κ1) is 14.0. The van der Waals surface area contributed by atoms with Gasteiger partial charge in [-0.25, -0.2) is 9.97 Å². The molecule has 3 aromatic rings. The summed E-state index contributed by atoms with van der Waals surface area (Å²) in [6.07, 6.45) is 2.31. The molecule has 0 unspecified atom stereocenters. The van der Waals surface area contributed by atoms with Crippen LogP contribution in [0.4, 0.5) is 19.1 Å². The van der Waals surface area contributed by atoms with Crippen molar-refractivity contribution < 1.29 is 13.2 Å². The number of aromatic amines is 1. The quantitative estimate of drug-likeness (QED) is 0.774. The Labute approximate surface area is 129 Å². The Morgan fingerprint density at radius 2 is 1.83 bits per heavy atom. The van der Waals surface area contributed by atoms with Gasteiger partial charge in [-0.05, 0) is 30.5 Å². The number of alkyl halides is 3. The van der Waals surface area contributed by atoms with E-state index < -0.39 is 11.7 Å². The van der Waals surface area contributed by atoms with Crippen molar-refractivity contribution in [2.45, 2.75) is 25.1 Å². The van der Waals surface area contributed by atoms with E-state index in [4.69, 9.17) is 0 Å². The molecule has 0 amide bonds. The zero-order chi connectivity index (χ0) is 16.0. The number of anilines is 1. The Morgan fingerprint density at radius 1 is 1.09 bits per heavy atom. The number of fused-ring (bicyclic) bond motifs is 1. The molecule has 118 valence electrons. The van der Waals surface area contributed by atoms with Crippen LogP contribution in [0.3, 0.4) is 0 Å². The molecule has 0 radical (unpaired) electrons. The summed E-state index contributed by atoms with van der Waals surface area (Å²) in [5, 5.41) is 10.2. The van der Waals surface area contributed by atoms with Crippen LogP contribution < -0.4 is 5.32 Å². The molecule has 0 saturated heterocycles. The van der Waals surface area contributed by atoms with Crippen molar-refractivity contribution in [1.82, 2.24) is 20.2 Å². The summed E-state index contributed by atoms with van der Waals surface area (Å²) in [5.74, 6) is 0.492. The third-order valence-electron chi connectivity index (χ3n) is 3.76. The zero-order valence-electron chi connectivity index (χ0n) is 11.9. The van der Waals surface area contributed by atoms with Crippen LogP contribution in [0.15, 0.2) is 30.7 Å². The van der Waals surface area contributed by atoms with Gasteiger partial charge in [-0.1, -0.05) is 0 Å². The zero-order valence-corrected chi connectivity index (χ0v) is 11.9. The molecule has 0 atom stereocenters. The lowest BCUT2D eigenvalue weighted by Gasteiger charge is -2.10. The number of rotatable bonds is 3. The first-order valence-corrected chi connectivity index (χ1v) is 7.14. The lowest BCUT2D eigenvalue weighted by atomic mass is 10.0. The van der Waals surface area contributed by atoms with Gasteiger partial charge in [0.1, 0.15) is 0 Å². The average Bonchev–Trinajstić information content (AvgIpc) is 3.20. The fraction of sp³-hybridized carbons (Fsp3) is 0.267. The molecule has 2 aromatic heterocycles. The molecule has 2 heterocycles. The second kappa shape index (κ2) is 4.94. The number of hydrogen-bond donors (Lipinski definition) is 2. The Morgan fingerprint density at radius 3 is 2.48 bits per heavy atom. The van der Waals surface area contributed by atoms with Gasteiger partial charge in [-0.3, -0.25) is 5.10 Å². The number of aromatic nitrogens is 4. The standard InChI is InChI=1S/C15H12F3N5/c16-15(17,18)9-3-11(12-7-21-23-13(12)4-9)8-5-19-14(20-6-8)22-10-1-2-10/h3-7,10H,1-2H2,(H,21,23)(H,19,20,22). The Hall–Kier alpha value is -2.64. The fourth-order valence-corrected chi connectivity index (χ4v) is 2.41. The molecule has 8 heteroatoms. The van der Waals surface area contributed by atoms with Gasteiger partial charge >= 0.3 is 6.18 Å². The third-order valence-corrected chi connectivity index (χ3v) is 3.76. The highest BCUT2D eigenvalue weighted by Gasteiger charge is 2.32. The number of nitrogens with one attached hydrogen (secondary N) is 2. The summed E-state index contributed by atoms with van der Waals surface area (Å²) in [6.45, 7) is 0. The predicted molar refractivity (Wildman–Crippen MR) is 78.8 cm³/mol. The van der Waals surface area contributed by atoms with Gasteiger partial charge in [0.25, 0.3) is 0 Å². The van der Waals surface area contributed by atoms with Crippen LogP contribution in [0.2, 0.25) is 0 Å². The molecule has 0 aliphatic heterocycles. The number of hydrogen-bond acceptors (Lipinski definition) is 4. The van der Waals surface area contributed by atoms with Crippen LogP contribution in [0.25, 0.3) is 22.0 Å². The van der Waals surface area contributed by atoms with Crippen molar-refractivity contribution in [3.8, 4) is 11.1 Å². The Balaban J connectivity index is 1.78. The third kappa shape index (κ3) is 2.71. The molecule has 2 N–H and O–H groups in total. The van der Waals surface area contributed by atoms with Crippen molar-refractivity contribution in [3.05, 3.63) is 36.3 Å². The maximum Gasteiger partial charge on any atom is 0.416 e. The van der Waals surface area contributed by atoms with E-state index in [9.17, 15) is 13.2 Å². The van der Waals surface area contributed by atoms with E-state index in [-0.39, 0.29) is 0 Å². The number of benzene rings is 1. The highest BCUT2D eigenvalue weighted by Crippen LogP contribution is 2.36. The minimum absolute atomic E-state index is 0.329. The van der Waals surface area contributed by atoms with Gasteiger partial charge in [0.2, 0.25) is 5.95 Å². The van der Waals surface area contributed by atoms with Crippen molar-refractivity contribution in [1.29, 1.82) is 0 Å². The first-order valence-electron chi connectivity index (χ1n) is 7.14. The number of halogens is 3. The van der Waals surface area contributed by atoms with E-state index in [1.807, 2.05) is 0 Å². The summed E-state index contributed by atoms with van der Waals surface area (Å²) >= 11 is 0. The van der Waals surface area contributed by atoms with Gasteiger partial charge in [0.15, 0.2) is 0 Å². The van der Waals surface area contributed by atoms with E-state index in [2.05, 4.69) is 25.5 Å². The summed E-state index contributed by atoms with van der Waals surface area (Å²) < 4.78 is 39.2. The van der Waals surface area contributed by atoms with Crippen molar-refractivity contribution >= 4 is 16.9 Å². The van der Waals surface area contributed by atoms with Crippen LogP contribution in [-0.2, 0) is 6.18 Å². The van der Waals surface area contributed by atoms with E-state index in [1.54, 1.807) is 0 Å². The monoisotopic (exact) mass is 319 g/mol.